The summed E-state index contributed by atoms with van der Waals surface area (Å²) in [5.74, 6) is 0.0410. The normalized spacial score (nSPS) is 12.2. The van der Waals surface area contributed by atoms with Gasteiger partial charge in [-0.3, -0.25) is 5.41 Å². The maximum absolute atomic E-state index is 8.19. The summed E-state index contributed by atoms with van der Waals surface area (Å²) in [4.78, 5) is 0. The molecule has 0 aliphatic rings. The lowest BCUT2D eigenvalue weighted by atomic mass is 10.0. The Morgan fingerprint density at radius 1 is 0.692 bits per heavy atom. The SMILES string of the molecule is C=C(C[N+](C)(C)COCOCCCCCCCCCCCCCCCCC)/C(=N/S)C(=N)OCCCCCC. The van der Waals surface area contributed by atoms with E-state index in [2.05, 4.69) is 51.7 Å². The van der Waals surface area contributed by atoms with Gasteiger partial charge in [-0.05, 0) is 25.7 Å². The number of likely N-dealkylation sites (N-methyl/N-ethyl adjacent to an activating group) is 1. The summed E-state index contributed by atoms with van der Waals surface area (Å²) in [6.45, 7) is 11.2. The Labute approximate surface area is 248 Å². The van der Waals surface area contributed by atoms with Crippen LogP contribution in [-0.2, 0) is 14.2 Å². The van der Waals surface area contributed by atoms with E-state index in [1.165, 1.54) is 103 Å². The third-order valence-electron chi connectivity index (χ3n) is 7.01. The second kappa shape index (κ2) is 27.3. The molecule has 0 heterocycles. The maximum Gasteiger partial charge on any atom is 0.233 e. The van der Waals surface area contributed by atoms with Crippen LogP contribution in [0, 0.1) is 5.41 Å². The van der Waals surface area contributed by atoms with Gasteiger partial charge in [0.25, 0.3) is 0 Å². The third kappa shape index (κ3) is 24.6. The van der Waals surface area contributed by atoms with Gasteiger partial charge in [0, 0.05) is 12.2 Å². The van der Waals surface area contributed by atoms with E-state index in [0.717, 1.165) is 31.4 Å². The molecule has 0 spiro atoms. The molecular formula is C32H64N3O3S+. The van der Waals surface area contributed by atoms with Crippen LogP contribution in [0.2, 0.25) is 0 Å². The first kappa shape index (κ1) is 38.1. The van der Waals surface area contributed by atoms with Crippen LogP contribution in [0.1, 0.15) is 136 Å². The highest BCUT2D eigenvalue weighted by Gasteiger charge is 2.22. The van der Waals surface area contributed by atoms with Gasteiger partial charge >= 0.3 is 0 Å². The van der Waals surface area contributed by atoms with E-state index < -0.39 is 0 Å². The minimum atomic E-state index is 0.0410. The summed E-state index contributed by atoms with van der Waals surface area (Å²) in [5.41, 5.74) is 1.13. The summed E-state index contributed by atoms with van der Waals surface area (Å²) in [5, 5.41) is 8.19. The number of nitrogens with one attached hydrogen (secondary N) is 1. The average Bonchev–Trinajstić information content (AvgIpc) is 2.90. The molecule has 0 unspecified atom stereocenters. The molecule has 230 valence electrons. The van der Waals surface area contributed by atoms with Gasteiger partial charge in [-0.15, -0.1) is 0 Å². The number of hydrogen-bond acceptors (Lipinski definition) is 6. The highest BCUT2D eigenvalue weighted by molar-refractivity contribution is 7.79. The second-order valence-electron chi connectivity index (χ2n) is 11.7. The van der Waals surface area contributed by atoms with E-state index in [4.69, 9.17) is 19.6 Å². The van der Waals surface area contributed by atoms with Crippen molar-refractivity contribution in [1.29, 1.82) is 5.41 Å². The molecule has 0 amide bonds. The molecule has 0 atom stereocenters. The van der Waals surface area contributed by atoms with Crippen molar-refractivity contribution in [2.75, 3.05) is 47.4 Å². The minimum absolute atomic E-state index is 0.0410. The predicted molar refractivity (Wildman–Crippen MR) is 172 cm³/mol. The van der Waals surface area contributed by atoms with Crippen LogP contribution >= 0.6 is 12.8 Å². The van der Waals surface area contributed by atoms with E-state index in [1.54, 1.807) is 0 Å². The Morgan fingerprint density at radius 3 is 1.62 bits per heavy atom. The van der Waals surface area contributed by atoms with E-state index in [-0.39, 0.29) is 5.90 Å². The Morgan fingerprint density at radius 2 is 1.13 bits per heavy atom. The zero-order valence-corrected chi connectivity index (χ0v) is 27.1. The van der Waals surface area contributed by atoms with Gasteiger partial charge in [-0.1, -0.05) is 130 Å². The highest BCUT2D eigenvalue weighted by atomic mass is 32.1. The minimum Gasteiger partial charge on any atom is -0.477 e. The van der Waals surface area contributed by atoms with E-state index in [0.29, 0.717) is 36.9 Å². The fourth-order valence-electron chi connectivity index (χ4n) is 4.66. The summed E-state index contributed by atoms with van der Waals surface area (Å²) in [7, 11) is 4.12. The van der Waals surface area contributed by atoms with Gasteiger partial charge in [0.2, 0.25) is 5.90 Å². The van der Waals surface area contributed by atoms with Crippen LogP contribution in [0.25, 0.3) is 0 Å². The molecule has 0 aromatic heterocycles. The molecule has 0 bridgehead atoms. The van der Waals surface area contributed by atoms with Crippen molar-refractivity contribution in [1.82, 2.24) is 0 Å². The Hall–Kier alpha value is -0.890. The molecule has 0 fully saturated rings. The summed E-state index contributed by atoms with van der Waals surface area (Å²) < 4.78 is 21.5. The lowest BCUT2D eigenvalue weighted by Crippen LogP contribution is -2.44. The zero-order valence-electron chi connectivity index (χ0n) is 26.2. The number of quaternary nitrogens is 1. The lowest BCUT2D eigenvalue weighted by molar-refractivity contribution is -0.905. The van der Waals surface area contributed by atoms with Crippen LogP contribution in [0.5, 0.6) is 0 Å². The molecular weight excluding hydrogens is 506 g/mol. The molecule has 0 aliphatic heterocycles. The lowest BCUT2D eigenvalue weighted by Gasteiger charge is -2.30. The molecule has 0 aliphatic carbocycles. The van der Waals surface area contributed by atoms with Crippen LogP contribution in [0.3, 0.4) is 0 Å². The Kier molecular flexibility index (Phi) is 26.7. The van der Waals surface area contributed by atoms with Crippen molar-refractivity contribution >= 4 is 24.4 Å². The molecule has 39 heavy (non-hydrogen) atoms. The molecule has 7 heteroatoms. The number of unbranched alkanes of at least 4 members (excludes halogenated alkanes) is 17. The van der Waals surface area contributed by atoms with Gasteiger partial charge < -0.3 is 18.7 Å². The number of hydrogen-bond donors (Lipinski definition) is 2. The molecule has 1 N–H and O–H groups in total. The molecule has 0 radical (unpaired) electrons. The topological polar surface area (TPSA) is 63.9 Å². The molecule has 0 rings (SSSR count). The van der Waals surface area contributed by atoms with Crippen LogP contribution in [0.15, 0.2) is 16.5 Å². The Bertz CT molecular complexity index is 626. The average molecular weight is 571 g/mol. The van der Waals surface area contributed by atoms with Gasteiger partial charge in [0.1, 0.15) is 12.3 Å². The monoisotopic (exact) mass is 570 g/mol. The second-order valence-corrected chi connectivity index (χ2v) is 11.9. The molecule has 0 aromatic carbocycles. The predicted octanol–water partition coefficient (Wildman–Crippen LogP) is 9.30. The first-order valence-electron chi connectivity index (χ1n) is 16.0. The maximum atomic E-state index is 8.19. The quantitative estimate of drug-likeness (QED) is 0.0235. The van der Waals surface area contributed by atoms with E-state index >= 15 is 0 Å². The molecule has 6 nitrogen and oxygen atoms in total. The smallest absolute Gasteiger partial charge is 0.233 e. The van der Waals surface area contributed by atoms with Gasteiger partial charge in [0.15, 0.2) is 13.5 Å². The zero-order chi connectivity index (χ0) is 29.0. The first-order valence-corrected chi connectivity index (χ1v) is 16.4. The summed E-state index contributed by atoms with van der Waals surface area (Å²) in [6.07, 6.45) is 24.9. The fourth-order valence-corrected chi connectivity index (χ4v) is 4.90. The van der Waals surface area contributed by atoms with Gasteiger partial charge in [0.05, 0.1) is 20.7 Å². The number of ether oxygens (including phenoxy) is 3. The van der Waals surface area contributed by atoms with Crippen molar-refractivity contribution in [3.8, 4) is 0 Å². The standard InChI is InChI=1S/C32H63N3O3S/c1-6-8-10-12-13-14-15-16-17-18-19-20-21-22-23-25-36-29-37-28-35(4,5)27-30(3)31(34-39)32(33)38-26-24-11-9-7-2/h33H,3,6-29H2,1-2,4-5H3/p+1/b33-32?,34-31-. The first-order chi connectivity index (χ1) is 18.9. The van der Waals surface area contributed by atoms with Crippen molar-refractivity contribution in [3.63, 3.8) is 0 Å². The van der Waals surface area contributed by atoms with Gasteiger partial charge in [-0.2, -0.15) is 0 Å². The number of nitrogens with zero attached hydrogens (tertiary/aromatic N) is 2. The van der Waals surface area contributed by atoms with Crippen molar-refractivity contribution in [3.05, 3.63) is 12.2 Å². The highest BCUT2D eigenvalue weighted by Crippen LogP contribution is 2.14. The summed E-state index contributed by atoms with van der Waals surface area (Å²) >= 11 is 4.05. The largest absolute Gasteiger partial charge is 0.477 e. The number of rotatable bonds is 29. The van der Waals surface area contributed by atoms with Crippen molar-refractivity contribution in [2.45, 2.75) is 136 Å². The van der Waals surface area contributed by atoms with Crippen LogP contribution in [-0.4, -0.2) is 63.5 Å². The van der Waals surface area contributed by atoms with E-state index in [1.807, 2.05) is 0 Å². The van der Waals surface area contributed by atoms with Crippen molar-refractivity contribution in [2.24, 2.45) is 4.40 Å². The van der Waals surface area contributed by atoms with Gasteiger partial charge in [-0.25, -0.2) is 4.40 Å². The van der Waals surface area contributed by atoms with Crippen molar-refractivity contribution < 1.29 is 18.7 Å². The van der Waals surface area contributed by atoms with E-state index in [9.17, 15) is 0 Å². The van der Waals surface area contributed by atoms with Crippen LogP contribution < -0.4 is 0 Å². The Balaban J connectivity index is 3.69. The summed E-state index contributed by atoms with van der Waals surface area (Å²) in [6, 6.07) is 0. The fraction of sp³-hybridized carbons (Fsp3) is 0.875. The van der Waals surface area contributed by atoms with Crippen LogP contribution in [0.4, 0.5) is 0 Å². The number of thiol groups is 1. The third-order valence-corrected chi connectivity index (χ3v) is 7.21. The molecule has 0 aromatic rings. The molecule has 0 saturated carbocycles. The molecule has 0 saturated heterocycles.